The van der Waals surface area contributed by atoms with Crippen molar-refractivity contribution in [1.29, 1.82) is 0 Å². The summed E-state index contributed by atoms with van der Waals surface area (Å²) in [6.07, 6.45) is 0. The van der Waals surface area contributed by atoms with Gasteiger partial charge in [0.25, 0.3) is 0 Å². The average Bonchev–Trinajstić information content (AvgIpc) is 2.61. The SMILES string of the molecule is COc1ccc(I)c(C(=O)Oc2cccc3ccccc23)c1OC. The molecule has 0 aromatic heterocycles. The Kier molecular flexibility index (Phi) is 4.89. The standard InChI is InChI=1S/C19H15IO4/c1-22-16-11-10-14(20)17(18(16)23-2)19(21)24-15-9-5-7-12-6-3-4-8-13(12)15/h3-11H,1-2H3. The Morgan fingerprint density at radius 2 is 1.62 bits per heavy atom. The lowest BCUT2D eigenvalue weighted by atomic mass is 10.1. The Bertz CT molecular complexity index is 900. The number of esters is 1. The third-order valence-electron chi connectivity index (χ3n) is 3.65. The number of carbonyl (C=O) groups excluding carboxylic acids is 1. The highest BCUT2D eigenvalue weighted by Crippen LogP contribution is 2.35. The Labute approximate surface area is 153 Å². The number of fused-ring (bicyclic) bond motifs is 1. The van der Waals surface area contributed by atoms with E-state index in [9.17, 15) is 4.79 Å². The van der Waals surface area contributed by atoms with Crippen molar-refractivity contribution in [3.8, 4) is 17.2 Å². The lowest BCUT2D eigenvalue weighted by molar-refractivity contribution is 0.0731. The Balaban J connectivity index is 2.04. The van der Waals surface area contributed by atoms with E-state index in [-0.39, 0.29) is 0 Å². The zero-order chi connectivity index (χ0) is 17.1. The van der Waals surface area contributed by atoms with Gasteiger partial charge in [-0.2, -0.15) is 0 Å². The summed E-state index contributed by atoms with van der Waals surface area (Å²) in [6, 6.07) is 16.9. The van der Waals surface area contributed by atoms with E-state index in [4.69, 9.17) is 14.2 Å². The van der Waals surface area contributed by atoms with Gasteiger partial charge in [-0.15, -0.1) is 0 Å². The molecule has 0 spiro atoms. The van der Waals surface area contributed by atoms with Gasteiger partial charge >= 0.3 is 5.97 Å². The van der Waals surface area contributed by atoms with Crippen molar-refractivity contribution in [1.82, 2.24) is 0 Å². The highest BCUT2D eigenvalue weighted by Gasteiger charge is 2.22. The van der Waals surface area contributed by atoms with Gasteiger partial charge in [-0.1, -0.05) is 36.4 Å². The minimum absolute atomic E-state index is 0.352. The smallest absolute Gasteiger partial charge is 0.348 e. The van der Waals surface area contributed by atoms with Crippen LogP contribution in [0.15, 0.2) is 54.6 Å². The predicted octanol–water partition coefficient (Wildman–Crippen LogP) is 4.68. The summed E-state index contributed by atoms with van der Waals surface area (Å²) in [7, 11) is 3.03. The van der Waals surface area contributed by atoms with Crippen LogP contribution in [-0.4, -0.2) is 20.2 Å². The minimum atomic E-state index is -0.480. The molecule has 0 unspecified atom stereocenters. The summed E-state index contributed by atoms with van der Waals surface area (Å²) in [5.41, 5.74) is 0.352. The van der Waals surface area contributed by atoms with Gasteiger partial charge in [0.15, 0.2) is 11.5 Å². The number of ether oxygens (including phenoxy) is 3. The summed E-state index contributed by atoms with van der Waals surface area (Å²) in [5, 5.41) is 1.89. The second-order valence-corrected chi connectivity index (χ2v) is 6.19. The molecule has 3 aromatic carbocycles. The van der Waals surface area contributed by atoms with Crippen LogP contribution in [0.5, 0.6) is 17.2 Å². The van der Waals surface area contributed by atoms with E-state index in [2.05, 4.69) is 22.6 Å². The van der Waals surface area contributed by atoms with Crippen LogP contribution in [0, 0.1) is 3.57 Å². The third kappa shape index (κ3) is 3.03. The van der Waals surface area contributed by atoms with Crippen LogP contribution < -0.4 is 14.2 Å². The van der Waals surface area contributed by atoms with Crippen molar-refractivity contribution >= 4 is 39.3 Å². The molecule has 0 aliphatic rings. The molecule has 0 aliphatic heterocycles. The third-order valence-corrected chi connectivity index (χ3v) is 4.55. The molecule has 0 radical (unpaired) electrons. The maximum absolute atomic E-state index is 12.8. The highest BCUT2D eigenvalue weighted by molar-refractivity contribution is 14.1. The number of carbonyl (C=O) groups is 1. The molecule has 24 heavy (non-hydrogen) atoms. The van der Waals surface area contributed by atoms with Crippen molar-refractivity contribution in [2.24, 2.45) is 0 Å². The lowest BCUT2D eigenvalue weighted by Crippen LogP contribution is -2.13. The number of hydrogen-bond acceptors (Lipinski definition) is 4. The Morgan fingerprint density at radius 1 is 0.875 bits per heavy atom. The summed E-state index contributed by atoms with van der Waals surface area (Å²) in [6.45, 7) is 0. The van der Waals surface area contributed by atoms with Crippen molar-refractivity contribution in [2.75, 3.05) is 14.2 Å². The number of benzene rings is 3. The van der Waals surface area contributed by atoms with Crippen LogP contribution in [0.4, 0.5) is 0 Å². The first-order valence-electron chi connectivity index (χ1n) is 7.26. The number of methoxy groups -OCH3 is 2. The van der Waals surface area contributed by atoms with Gasteiger partial charge in [0.05, 0.1) is 14.2 Å². The van der Waals surface area contributed by atoms with E-state index in [1.54, 1.807) is 18.2 Å². The molecule has 0 atom stereocenters. The molecule has 0 fully saturated rings. The van der Waals surface area contributed by atoms with Crippen LogP contribution in [0.25, 0.3) is 10.8 Å². The molecular weight excluding hydrogens is 419 g/mol. The van der Waals surface area contributed by atoms with E-state index < -0.39 is 5.97 Å². The summed E-state index contributed by atoms with van der Waals surface area (Å²) in [4.78, 5) is 12.8. The van der Waals surface area contributed by atoms with E-state index in [0.717, 1.165) is 14.3 Å². The first-order valence-corrected chi connectivity index (χ1v) is 8.34. The monoisotopic (exact) mass is 434 g/mol. The topological polar surface area (TPSA) is 44.8 Å². The minimum Gasteiger partial charge on any atom is -0.493 e. The molecule has 0 N–H and O–H groups in total. The second-order valence-electron chi connectivity index (χ2n) is 5.02. The molecule has 0 amide bonds. The van der Waals surface area contributed by atoms with E-state index in [1.807, 2.05) is 36.4 Å². The molecule has 122 valence electrons. The molecule has 0 aliphatic carbocycles. The summed E-state index contributed by atoms with van der Waals surface area (Å²) >= 11 is 2.08. The zero-order valence-electron chi connectivity index (χ0n) is 13.2. The van der Waals surface area contributed by atoms with E-state index in [1.165, 1.54) is 14.2 Å². The highest BCUT2D eigenvalue weighted by atomic mass is 127. The first-order chi connectivity index (χ1) is 11.7. The molecule has 0 saturated carbocycles. The van der Waals surface area contributed by atoms with Gasteiger partial charge in [0.1, 0.15) is 11.3 Å². The second kappa shape index (κ2) is 7.09. The zero-order valence-corrected chi connectivity index (χ0v) is 15.4. The van der Waals surface area contributed by atoms with Crippen LogP contribution >= 0.6 is 22.6 Å². The number of halogens is 1. The maximum Gasteiger partial charge on any atom is 0.348 e. The Hall–Kier alpha value is -2.28. The number of hydrogen-bond donors (Lipinski definition) is 0. The molecule has 4 nitrogen and oxygen atoms in total. The molecule has 0 bridgehead atoms. The van der Waals surface area contributed by atoms with Crippen molar-refractivity contribution < 1.29 is 19.0 Å². The average molecular weight is 434 g/mol. The van der Waals surface area contributed by atoms with E-state index >= 15 is 0 Å². The van der Waals surface area contributed by atoms with Gasteiger partial charge in [-0.25, -0.2) is 4.79 Å². The Morgan fingerprint density at radius 3 is 2.38 bits per heavy atom. The molecule has 0 saturated heterocycles. The predicted molar refractivity (Wildman–Crippen MR) is 101 cm³/mol. The molecule has 3 rings (SSSR count). The fourth-order valence-electron chi connectivity index (χ4n) is 2.53. The maximum atomic E-state index is 12.8. The fourth-order valence-corrected chi connectivity index (χ4v) is 3.17. The summed E-state index contributed by atoms with van der Waals surface area (Å²) in [5.74, 6) is 0.891. The van der Waals surface area contributed by atoms with Crippen molar-refractivity contribution in [3.63, 3.8) is 0 Å². The van der Waals surface area contributed by atoms with Gasteiger partial charge in [0, 0.05) is 8.96 Å². The largest absolute Gasteiger partial charge is 0.493 e. The van der Waals surface area contributed by atoms with Crippen LogP contribution in [0.2, 0.25) is 0 Å². The quantitative estimate of drug-likeness (QED) is 0.340. The van der Waals surface area contributed by atoms with Crippen molar-refractivity contribution in [2.45, 2.75) is 0 Å². The lowest BCUT2D eigenvalue weighted by Gasteiger charge is -2.14. The van der Waals surface area contributed by atoms with Crippen LogP contribution in [-0.2, 0) is 0 Å². The molecule has 5 heteroatoms. The normalized spacial score (nSPS) is 10.5. The summed E-state index contributed by atoms with van der Waals surface area (Å²) < 4.78 is 17.0. The van der Waals surface area contributed by atoms with Gasteiger partial charge in [-0.3, -0.25) is 0 Å². The number of rotatable bonds is 4. The van der Waals surface area contributed by atoms with E-state index in [0.29, 0.717) is 22.8 Å². The molecular formula is C19H15IO4. The van der Waals surface area contributed by atoms with Crippen LogP contribution in [0.1, 0.15) is 10.4 Å². The fraction of sp³-hybridized carbons (Fsp3) is 0.105. The van der Waals surface area contributed by atoms with Crippen LogP contribution in [0.3, 0.4) is 0 Å². The van der Waals surface area contributed by atoms with Gasteiger partial charge in [-0.05, 0) is 46.2 Å². The van der Waals surface area contributed by atoms with Gasteiger partial charge in [0.2, 0.25) is 0 Å². The molecule has 0 heterocycles. The van der Waals surface area contributed by atoms with Crippen molar-refractivity contribution in [3.05, 3.63) is 63.7 Å². The van der Waals surface area contributed by atoms with Gasteiger partial charge < -0.3 is 14.2 Å². The first kappa shape index (κ1) is 16.6. The molecule has 3 aromatic rings.